The third kappa shape index (κ3) is 5.56. The fourth-order valence-corrected chi connectivity index (χ4v) is 10.4. The molecule has 0 spiro atoms. The van der Waals surface area contributed by atoms with Crippen LogP contribution in [0.3, 0.4) is 0 Å². The van der Waals surface area contributed by atoms with Crippen molar-refractivity contribution in [3.05, 3.63) is 18.5 Å². The minimum absolute atomic E-state index is 0.264. The Bertz CT molecular complexity index is 1060. The normalized spacial score (nSPS) is 12.9. The Hall–Kier alpha value is -1.72. The summed E-state index contributed by atoms with van der Waals surface area (Å²) in [6, 6.07) is 4.20. The number of nitrogens with zero attached hydrogens (tertiary/aromatic N) is 4. The number of rotatable bonds is 5. The first kappa shape index (κ1) is 23.9. The van der Waals surface area contributed by atoms with Crippen molar-refractivity contribution in [2.24, 2.45) is 11.7 Å². The van der Waals surface area contributed by atoms with Crippen LogP contribution in [0.2, 0.25) is 14.8 Å². The molecule has 0 saturated heterocycles. The number of benzene rings is 1. The van der Waals surface area contributed by atoms with Crippen LogP contribution in [0.5, 0.6) is 11.5 Å². The van der Waals surface area contributed by atoms with Gasteiger partial charge in [0.25, 0.3) is 0 Å². The Labute approximate surface area is 192 Å². The number of nitrogens with two attached hydrogens (primary N) is 2. The van der Waals surface area contributed by atoms with Crippen molar-refractivity contribution in [2.75, 3.05) is 19.1 Å². The number of hydrogen-bond acceptors (Lipinski definition) is 8. The maximum absolute atomic E-state index is 6.01. The first-order valence-corrected chi connectivity index (χ1v) is 21.2. The fraction of sp³-hybridized carbons (Fsp3) is 0.476. The van der Waals surface area contributed by atoms with E-state index in [-0.39, 0.29) is 6.79 Å². The van der Waals surface area contributed by atoms with E-state index in [0.29, 0.717) is 30.1 Å². The molecule has 3 aromatic rings. The molecule has 4 N–H and O–H groups in total. The SMILES string of the molecule is CC(C)C.[CH3][Sn]([CH3])([CH3])[c]1cc2c(cc1Sc1nc3c(N)ncnc3n1CCN)OCO2. The van der Waals surface area contributed by atoms with E-state index in [1.54, 1.807) is 11.8 Å². The predicted molar refractivity (Wildman–Crippen MR) is 129 cm³/mol. The van der Waals surface area contributed by atoms with Gasteiger partial charge in [-0.2, -0.15) is 0 Å². The molecule has 10 heteroatoms. The third-order valence-electron chi connectivity index (χ3n) is 4.36. The number of fused-ring (bicyclic) bond motifs is 2. The Balaban J connectivity index is 0.000000628. The zero-order valence-corrected chi connectivity index (χ0v) is 22.8. The van der Waals surface area contributed by atoms with Gasteiger partial charge in [-0.05, 0) is 5.92 Å². The fourth-order valence-electron chi connectivity index (χ4n) is 3.03. The Morgan fingerprint density at radius 3 is 2.39 bits per heavy atom. The quantitative estimate of drug-likeness (QED) is 0.464. The first-order valence-electron chi connectivity index (χ1n) is 10.4. The van der Waals surface area contributed by atoms with Crippen LogP contribution in [0.25, 0.3) is 11.2 Å². The number of aromatic nitrogens is 4. The first-order chi connectivity index (χ1) is 14.6. The van der Waals surface area contributed by atoms with Gasteiger partial charge in [-0.15, -0.1) is 0 Å². The van der Waals surface area contributed by atoms with E-state index >= 15 is 0 Å². The number of ether oxygens (including phenoxy) is 2. The molecule has 0 amide bonds. The second kappa shape index (κ2) is 9.83. The molecule has 0 fully saturated rings. The molecule has 3 heterocycles. The number of hydrogen-bond donors (Lipinski definition) is 2. The summed E-state index contributed by atoms with van der Waals surface area (Å²) in [5.41, 5.74) is 13.1. The Morgan fingerprint density at radius 2 is 1.77 bits per heavy atom. The van der Waals surface area contributed by atoms with Crippen molar-refractivity contribution in [1.82, 2.24) is 19.5 Å². The van der Waals surface area contributed by atoms with E-state index in [9.17, 15) is 0 Å². The monoisotopic (exact) mass is 552 g/mol. The van der Waals surface area contributed by atoms with Gasteiger partial charge in [-0.1, -0.05) is 20.8 Å². The third-order valence-corrected chi connectivity index (χ3v) is 11.7. The molecule has 0 saturated carbocycles. The van der Waals surface area contributed by atoms with Crippen molar-refractivity contribution in [2.45, 2.75) is 52.2 Å². The molecule has 2 aromatic heterocycles. The average molecular weight is 551 g/mol. The van der Waals surface area contributed by atoms with Crippen LogP contribution in [0, 0.1) is 5.92 Å². The summed E-state index contributed by atoms with van der Waals surface area (Å²) in [7, 11) is 0. The van der Waals surface area contributed by atoms with Gasteiger partial charge in [0.05, 0.1) is 0 Å². The van der Waals surface area contributed by atoms with E-state index in [4.69, 9.17) is 25.9 Å². The summed E-state index contributed by atoms with van der Waals surface area (Å²) in [5, 5.41) is 0.804. The molecule has 0 bridgehead atoms. The molecule has 4 rings (SSSR count). The van der Waals surface area contributed by atoms with Crippen molar-refractivity contribution >= 4 is 50.7 Å². The standard InChI is InChI=1S/C14H13N6O2S.C4H10.3CH3.Sn/c15-3-4-20-13-11(12(16)17-6-18-13)19-14(20)23-8-1-2-9-10(5-8)22-7-21-9;1-4(2)3;;;;/h2,5-6H,3-4,7,15H2,(H2,16,17,18);4H,1-3H3;3*1H3;. The zero-order valence-electron chi connectivity index (χ0n) is 19.1. The van der Waals surface area contributed by atoms with E-state index in [0.717, 1.165) is 27.5 Å². The number of nitrogen functional groups attached to an aromatic ring is 1. The summed E-state index contributed by atoms with van der Waals surface area (Å²) in [6.45, 7) is 7.85. The summed E-state index contributed by atoms with van der Waals surface area (Å²) >= 11 is -0.829. The van der Waals surface area contributed by atoms with Crippen molar-refractivity contribution in [3.8, 4) is 11.5 Å². The molecule has 31 heavy (non-hydrogen) atoms. The molecule has 1 aromatic carbocycles. The molecule has 1 aliphatic heterocycles. The van der Waals surface area contributed by atoms with Gasteiger partial charge < -0.3 is 0 Å². The Kier molecular flexibility index (Phi) is 7.59. The van der Waals surface area contributed by atoms with Crippen molar-refractivity contribution in [3.63, 3.8) is 0 Å². The number of imidazole rings is 1. The average Bonchev–Trinajstić information content (AvgIpc) is 3.26. The Morgan fingerprint density at radius 1 is 1.13 bits per heavy atom. The molecule has 8 nitrogen and oxygen atoms in total. The van der Waals surface area contributed by atoms with Crippen molar-refractivity contribution in [1.29, 1.82) is 0 Å². The molecule has 0 atom stereocenters. The predicted octanol–water partition coefficient (Wildman–Crippen LogP) is 3.45. The van der Waals surface area contributed by atoms with E-state index < -0.39 is 18.4 Å². The molecule has 0 aliphatic carbocycles. The summed E-state index contributed by atoms with van der Waals surface area (Å²) < 4.78 is 14.6. The van der Waals surface area contributed by atoms with E-state index in [2.05, 4.69) is 57.7 Å². The minimum atomic E-state index is -2.43. The van der Waals surface area contributed by atoms with Crippen LogP contribution in [-0.2, 0) is 6.54 Å². The molecular formula is C21H32N6O2SSn. The van der Waals surface area contributed by atoms with Gasteiger partial charge in [-0.3, -0.25) is 0 Å². The van der Waals surface area contributed by atoms with Crippen LogP contribution in [0.15, 0.2) is 28.5 Å². The van der Waals surface area contributed by atoms with Gasteiger partial charge in [-0.25, -0.2) is 0 Å². The van der Waals surface area contributed by atoms with Crippen LogP contribution in [-0.4, -0.2) is 51.2 Å². The van der Waals surface area contributed by atoms with Gasteiger partial charge >= 0.3 is 166 Å². The maximum atomic E-state index is 6.01. The van der Waals surface area contributed by atoms with Gasteiger partial charge in [0.1, 0.15) is 0 Å². The van der Waals surface area contributed by atoms with Gasteiger partial charge in [0.15, 0.2) is 0 Å². The topological polar surface area (TPSA) is 114 Å². The van der Waals surface area contributed by atoms with Gasteiger partial charge in [0.2, 0.25) is 0 Å². The molecule has 1 aliphatic rings. The molecule has 0 radical (unpaired) electrons. The van der Waals surface area contributed by atoms with Gasteiger partial charge in [0, 0.05) is 0 Å². The second-order valence-corrected chi connectivity index (χ2v) is 24.4. The summed E-state index contributed by atoms with van der Waals surface area (Å²) in [5.74, 6) is 2.81. The summed E-state index contributed by atoms with van der Waals surface area (Å²) in [6.07, 6.45) is 1.46. The van der Waals surface area contributed by atoms with Crippen LogP contribution >= 0.6 is 11.8 Å². The zero-order chi connectivity index (χ0) is 22.8. The van der Waals surface area contributed by atoms with Crippen LogP contribution < -0.4 is 24.5 Å². The summed E-state index contributed by atoms with van der Waals surface area (Å²) in [4.78, 5) is 21.4. The van der Waals surface area contributed by atoms with E-state index in [1.165, 1.54) is 9.91 Å². The van der Waals surface area contributed by atoms with Crippen molar-refractivity contribution < 1.29 is 9.47 Å². The van der Waals surface area contributed by atoms with E-state index in [1.807, 2.05) is 4.57 Å². The molecular weight excluding hydrogens is 519 g/mol. The molecule has 168 valence electrons. The van der Waals surface area contributed by atoms with Crippen LogP contribution in [0.1, 0.15) is 20.8 Å². The second-order valence-electron chi connectivity index (χ2n) is 9.05. The molecule has 0 unspecified atom stereocenters. The number of anilines is 1. The van der Waals surface area contributed by atoms with Crippen LogP contribution in [0.4, 0.5) is 5.82 Å².